The molecule has 2 aromatic carbocycles. The molecule has 21 heavy (non-hydrogen) atoms. The quantitative estimate of drug-likeness (QED) is 0.734. The van der Waals surface area contributed by atoms with Gasteiger partial charge in [-0.3, -0.25) is 0 Å². The van der Waals surface area contributed by atoms with Crippen LogP contribution >= 0.6 is 23.2 Å². The van der Waals surface area contributed by atoms with E-state index in [1.54, 1.807) is 24.3 Å². The molecule has 0 atom stereocenters. The summed E-state index contributed by atoms with van der Waals surface area (Å²) in [4.78, 5) is 4.34. The van der Waals surface area contributed by atoms with Crippen molar-refractivity contribution in [3.05, 3.63) is 63.9 Å². The van der Waals surface area contributed by atoms with Gasteiger partial charge in [-0.15, -0.1) is 0 Å². The Hall–Kier alpha value is -2.04. The van der Waals surface area contributed by atoms with Gasteiger partial charge in [0.15, 0.2) is 5.82 Å². The van der Waals surface area contributed by atoms with Crippen LogP contribution in [-0.2, 0) is 6.42 Å². The van der Waals surface area contributed by atoms with Gasteiger partial charge in [-0.25, -0.2) is 0 Å². The van der Waals surface area contributed by atoms with E-state index in [2.05, 4.69) is 10.1 Å². The van der Waals surface area contributed by atoms with Crippen molar-refractivity contribution in [2.24, 2.45) is 0 Å². The lowest BCUT2D eigenvalue weighted by molar-refractivity contribution is 0.424. The summed E-state index contributed by atoms with van der Waals surface area (Å²) in [5.74, 6) is 0.884. The molecule has 0 bridgehead atoms. The summed E-state index contributed by atoms with van der Waals surface area (Å²) in [7, 11) is 0. The van der Waals surface area contributed by atoms with E-state index < -0.39 is 0 Å². The van der Waals surface area contributed by atoms with Crippen LogP contribution in [0.4, 0.5) is 5.69 Å². The summed E-state index contributed by atoms with van der Waals surface area (Å²) in [6, 6.07) is 12.7. The van der Waals surface area contributed by atoms with Crippen LogP contribution in [-0.4, -0.2) is 10.1 Å². The molecule has 4 nitrogen and oxygen atoms in total. The van der Waals surface area contributed by atoms with E-state index in [0.29, 0.717) is 39.4 Å². The number of benzene rings is 2. The van der Waals surface area contributed by atoms with Crippen molar-refractivity contribution in [1.82, 2.24) is 10.1 Å². The van der Waals surface area contributed by atoms with E-state index in [0.717, 1.165) is 5.56 Å². The molecule has 3 aromatic rings. The molecular formula is C15H11Cl2N3O. The van der Waals surface area contributed by atoms with Gasteiger partial charge in [0.1, 0.15) is 0 Å². The third-order valence-electron chi connectivity index (χ3n) is 3.06. The molecule has 1 aromatic heterocycles. The second kappa shape index (κ2) is 5.76. The second-order valence-corrected chi connectivity index (χ2v) is 5.29. The van der Waals surface area contributed by atoms with E-state index >= 15 is 0 Å². The van der Waals surface area contributed by atoms with E-state index in [1.807, 2.05) is 18.2 Å². The Morgan fingerprint density at radius 3 is 2.43 bits per heavy atom. The molecule has 0 spiro atoms. The lowest BCUT2D eigenvalue weighted by atomic mass is 10.1. The first-order valence-electron chi connectivity index (χ1n) is 6.25. The number of aromatic nitrogens is 2. The number of nitrogens with zero attached hydrogens (tertiary/aromatic N) is 2. The van der Waals surface area contributed by atoms with E-state index in [4.69, 9.17) is 33.5 Å². The highest BCUT2D eigenvalue weighted by Gasteiger charge is 2.14. The van der Waals surface area contributed by atoms with E-state index in [-0.39, 0.29) is 0 Å². The van der Waals surface area contributed by atoms with Gasteiger partial charge in [-0.2, -0.15) is 4.98 Å². The highest BCUT2D eigenvalue weighted by Crippen LogP contribution is 2.28. The predicted octanol–water partition coefficient (Wildman–Crippen LogP) is 4.22. The molecule has 2 N–H and O–H groups in total. The Morgan fingerprint density at radius 1 is 1.00 bits per heavy atom. The number of hydrogen-bond acceptors (Lipinski definition) is 4. The van der Waals surface area contributed by atoms with Gasteiger partial charge < -0.3 is 10.3 Å². The molecule has 0 saturated heterocycles. The number of nitrogen functional groups attached to an aromatic ring is 1. The zero-order valence-corrected chi connectivity index (χ0v) is 12.4. The molecule has 0 fully saturated rings. The topological polar surface area (TPSA) is 64.9 Å². The summed E-state index contributed by atoms with van der Waals surface area (Å²) in [6.45, 7) is 0. The van der Waals surface area contributed by atoms with Crippen LogP contribution in [0, 0.1) is 0 Å². The average Bonchev–Trinajstić information content (AvgIpc) is 2.92. The maximum atomic E-state index is 6.14. The van der Waals surface area contributed by atoms with Crippen molar-refractivity contribution in [3.8, 4) is 11.5 Å². The van der Waals surface area contributed by atoms with Gasteiger partial charge in [-0.1, -0.05) is 46.6 Å². The number of halogens is 2. The maximum Gasteiger partial charge on any atom is 0.260 e. The summed E-state index contributed by atoms with van der Waals surface area (Å²) >= 11 is 12.3. The van der Waals surface area contributed by atoms with Crippen LogP contribution < -0.4 is 5.73 Å². The third kappa shape index (κ3) is 2.86. The minimum Gasteiger partial charge on any atom is -0.398 e. The SMILES string of the molecule is Nc1ccccc1-c1nc(Cc2c(Cl)cccc2Cl)no1. The van der Waals surface area contributed by atoms with Crippen molar-refractivity contribution in [1.29, 1.82) is 0 Å². The van der Waals surface area contributed by atoms with Gasteiger partial charge in [0.2, 0.25) is 0 Å². The Balaban J connectivity index is 1.91. The number of hydrogen-bond donors (Lipinski definition) is 1. The normalized spacial score (nSPS) is 10.8. The fraction of sp³-hybridized carbons (Fsp3) is 0.0667. The average molecular weight is 320 g/mol. The molecule has 1 heterocycles. The maximum absolute atomic E-state index is 6.14. The van der Waals surface area contributed by atoms with Crippen LogP contribution in [0.25, 0.3) is 11.5 Å². The van der Waals surface area contributed by atoms with Crippen molar-refractivity contribution >= 4 is 28.9 Å². The summed E-state index contributed by atoms with van der Waals surface area (Å²) in [5, 5.41) is 5.11. The molecule has 0 aliphatic heterocycles. The van der Waals surface area contributed by atoms with Crippen LogP contribution in [0.5, 0.6) is 0 Å². The Bertz CT molecular complexity index is 766. The van der Waals surface area contributed by atoms with Crippen molar-refractivity contribution in [2.45, 2.75) is 6.42 Å². The predicted molar refractivity (Wildman–Crippen MR) is 83.4 cm³/mol. The minimum absolute atomic E-state index is 0.381. The van der Waals surface area contributed by atoms with Crippen molar-refractivity contribution in [2.75, 3.05) is 5.73 Å². The third-order valence-corrected chi connectivity index (χ3v) is 3.76. The van der Waals surface area contributed by atoms with Crippen LogP contribution in [0.3, 0.4) is 0 Å². The molecule has 0 aliphatic rings. The fourth-order valence-corrected chi connectivity index (χ4v) is 2.52. The Kier molecular flexibility index (Phi) is 3.82. The second-order valence-electron chi connectivity index (χ2n) is 4.48. The Morgan fingerprint density at radius 2 is 1.71 bits per heavy atom. The van der Waals surface area contributed by atoms with E-state index in [1.165, 1.54) is 0 Å². The highest BCUT2D eigenvalue weighted by molar-refractivity contribution is 6.36. The lowest BCUT2D eigenvalue weighted by Crippen LogP contribution is -1.94. The van der Waals surface area contributed by atoms with Crippen molar-refractivity contribution < 1.29 is 4.52 Å². The smallest absolute Gasteiger partial charge is 0.260 e. The van der Waals surface area contributed by atoms with Crippen LogP contribution in [0.2, 0.25) is 10.0 Å². The Labute approximate surface area is 131 Å². The van der Waals surface area contributed by atoms with Gasteiger partial charge >= 0.3 is 0 Å². The molecule has 0 amide bonds. The summed E-state index contributed by atoms with van der Waals surface area (Å²) < 4.78 is 5.26. The lowest BCUT2D eigenvalue weighted by Gasteiger charge is -2.03. The molecule has 0 radical (unpaired) electrons. The van der Waals surface area contributed by atoms with Crippen LogP contribution in [0.1, 0.15) is 11.4 Å². The standard InChI is InChI=1S/C15H11Cl2N3O/c16-11-5-3-6-12(17)10(11)8-14-19-15(21-20-14)9-4-1-2-7-13(9)18/h1-7H,8,18H2. The largest absolute Gasteiger partial charge is 0.398 e. The van der Waals surface area contributed by atoms with Crippen LogP contribution in [0.15, 0.2) is 47.0 Å². The van der Waals surface area contributed by atoms with E-state index in [9.17, 15) is 0 Å². The van der Waals surface area contributed by atoms with Gasteiger partial charge in [0, 0.05) is 22.2 Å². The first kappa shape index (κ1) is 13.9. The first-order chi connectivity index (χ1) is 10.1. The number of rotatable bonds is 3. The molecular weight excluding hydrogens is 309 g/mol. The molecule has 3 rings (SSSR count). The monoisotopic (exact) mass is 319 g/mol. The molecule has 0 saturated carbocycles. The summed E-state index contributed by atoms with van der Waals surface area (Å²) in [6.07, 6.45) is 0.398. The summed E-state index contributed by atoms with van der Waals surface area (Å²) in [5.41, 5.74) is 7.96. The molecule has 0 aliphatic carbocycles. The number of anilines is 1. The highest BCUT2D eigenvalue weighted by atomic mass is 35.5. The van der Waals surface area contributed by atoms with Gasteiger partial charge in [-0.05, 0) is 29.8 Å². The molecule has 6 heteroatoms. The minimum atomic E-state index is 0.381. The van der Waals surface area contributed by atoms with Crippen molar-refractivity contribution in [3.63, 3.8) is 0 Å². The zero-order valence-electron chi connectivity index (χ0n) is 10.9. The first-order valence-corrected chi connectivity index (χ1v) is 7.01. The number of para-hydroxylation sites is 1. The molecule has 0 unspecified atom stereocenters. The zero-order chi connectivity index (χ0) is 14.8. The van der Waals surface area contributed by atoms with Gasteiger partial charge in [0.25, 0.3) is 5.89 Å². The molecule has 106 valence electrons. The van der Waals surface area contributed by atoms with Gasteiger partial charge in [0.05, 0.1) is 5.56 Å². The fourth-order valence-electron chi connectivity index (χ4n) is 1.99. The number of nitrogens with two attached hydrogens (primary N) is 1.